The topological polar surface area (TPSA) is 123 Å². The number of hydrogen-bond acceptors (Lipinski definition) is 5. The normalized spacial score (nSPS) is 18.5. The first-order valence-corrected chi connectivity index (χ1v) is 11.6. The van der Waals surface area contributed by atoms with Gasteiger partial charge in [0.15, 0.2) is 5.69 Å². The van der Waals surface area contributed by atoms with Gasteiger partial charge >= 0.3 is 12.1 Å². The number of anilines is 1. The van der Waals surface area contributed by atoms with Gasteiger partial charge in [0, 0.05) is 19.0 Å². The third-order valence-electron chi connectivity index (χ3n) is 6.90. The lowest BCUT2D eigenvalue weighted by atomic mass is 9.98. The SMILES string of the molecule is Cn1ncc(NC(=O)C2CCCC2NC(=O)OCC2c3ccccc3-c3ccccc32)c1C(=O)O. The van der Waals surface area contributed by atoms with Crippen molar-refractivity contribution in [2.45, 2.75) is 31.2 Å². The molecule has 9 heteroatoms. The molecule has 1 aromatic heterocycles. The number of rotatable bonds is 6. The standard InChI is InChI=1S/C26H26N4O5/c1-30-23(25(32)33)22(13-27-30)28-24(31)19-11-6-12-21(19)29-26(34)35-14-20-17-9-4-2-7-15(17)16-8-3-5-10-18(16)20/h2-5,7-10,13,19-21H,6,11-12,14H2,1H3,(H,28,31)(H,29,34)(H,32,33). The fourth-order valence-electron chi connectivity index (χ4n) is 5.25. The molecule has 0 aliphatic heterocycles. The molecule has 3 N–H and O–H groups in total. The molecule has 2 aliphatic carbocycles. The molecule has 0 bridgehead atoms. The van der Waals surface area contributed by atoms with E-state index in [0.29, 0.717) is 12.8 Å². The average Bonchev–Trinajstić information content (AvgIpc) is 3.53. The number of aryl methyl sites for hydroxylation is 1. The van der Waals surface area contributed by atoms with Crippen LogP contribution in [0.4, 0.5) is 10.5 Å². The Labute approximate surface area is 202 Å². The molecular weight excluding hydrogens is 448 g/mol. The Morgan fingerprint density at radius 1 is 1.06 bits per heavy atom. The minimum Gasteiger partial charge on any atom is -0.476 e. The first-order chi connectivity index (χ1) is 16.9. The highest BCUT2D eigenvalue weighted by Gasteiger charge is 2.36. The number of nitrogens with zero attached hydrogens (tertiary/aromatic N) is 2. The van der Waals surface area contributed by atoms with Gasteiger partial charge < -0.3 is 20.5 Å². The van der Waals surface area contributed by atoms with Crippen molar-refractivity contribution in [3.05, 3.63) is 71.5 Å². The minimum absolute atomic E-state index is 0.0455. The van der Waals surface area contributed by atoms with Crippen molar-refractivity contribution >= 4 is 23.7 Å². The third-order valence-corrected chi connectivity index (χ3v) is 6.90. The van der Waals surface area contributed by atoms with Crippen molar-refractivity contribution in [1.82, 2.24) is 15.1 Å². The maximum Gasteiger partial charge on any atom is 0.407 e. The predicted molar refractivity (Wildman–Crippen MR) is 128 cm³/mol. The first-order valence-electron chi connectivity index (χ1n) is 11.6. The molecule has 5 rings (SSSR count). The van der Waals surface area contributed by atoms with Crippen LogP contribution in [0.1, 0.15) is 46.8 Å². The molecule has 0 spiro atoms. The summed E-state index contributed by atoms with van der Waals surface area (Å²) >= 11 is 0. The summed E-state index contributed by atoms with van der Waals surface area (Å²) in [5.41, 5.74) is 4.60. The maximum absolute atomic E-state index is 12.9. The van der Waals surface area contributed by atoms with E-state index in [4.69, 9.17) is 4.74 Å². The molecule has 2 atom stereocenters. The van der Waals surface area contributed by atoms with E-state index in [1.54, 1.807) is 0 Å². The van der Waals surface area contributed by atoms with Crippen molar-refractivity contribution in [1.29, 1.82) is 0 Å². The average molecular weight is 475 g/mol. The van der Waals surface area contributed by atoms with Gasteiger partial charge in [0.1, 0.15) is 6.61 Å². The van der Waals surface area contributed by atoms with Crippen LogP contribution in [0.5, 0.6) is 0 Å². The van der Waals surface area contributed by atoms with Gasteiger partial charge in [0.05, 0.1) is 17.8 Å². The van der Waals surface area contributed by atoms with E-state index in [0.717, 1.165) is 28.7 Å². The van der Waals surface area contributed by atoms with Gasteiger partial charge in [-0.2, -0.15) is 5.10 Å². The number of alkyl carbamates (subject to hydrolysis) is 1. The second-order valence-corrected chi connectivity index (χ2v) is 8.94. The molecule has 1 saturated carbocycles. The molecule has 2 aromatic carbocycles. The molecule has 2 aliphatic rings. The molecule has 2 amide bonds. The molecule has 2 unspecified atom stereocenters. The van der Waals surface area contributed by atoms with Crippen molar-refractivity contribution in [2.75, 3.05) is 11.9 Å². The molecule has 0 saturated heterocycles. The highest BCUT2D eigenvalue weighted by Crippen LogP contribution is 2.44. The zero-order valence-corrected chi connectivity index (χ0v) is 19.2. The van der Waals surface area contributed by atoms with Gasteiger partial charge in [-0.3, -0.25) is 9.48 Å². The van der Waals surface area contributed by atoms with Crippen LogP contribution in [-0.2, 0) is 16.6 Å². The van der Waals surface area contributed by atoms with Crippen LogP contribution >= 0.6 is 0 Å². The summed E-state index contributed by atoms with van der Waals surface area (Å²) in [4.78, 5) is 37.1. The zero-order valence-electron chi connectivity index (χ0n) is 19.2. The smallest absolute Gasteiger partial charge is 0.407 e. The fourth-order valence-corrected chi connectivity index (χ4v) is 5.25. The lowest BCUT2D eigenvalue weighted by Crippen LogP contribution is -2.42. The largest absolute Gasteiger partial charge is 0.476 e. The van der Waals surface area contributed by atoms with Gasteiger partial charge in [-0.1, -0.05) is 55.0 Å². The van der Waals surface area contributed by atoms with E-state index >= 15 is 0 Å². The molecule has 0 radical (unpaired) electrons. The second-order valence-electron chi connectivity index (χ2n) is 8.94. The van der Waals surface area contributed by atoms with E-state index in [9.17, 15) is 19.5 Å². The molecule has 9 nitrogen and oxygen atoms in total. The first kappa shape index (κ1) is 22.6. The van der Waals surface area contributed by atoms with E-state index in [2.05, 4.69) is 40.0 Å². The molecule has 1 fully saturated rings. The summed E-state index contributed by atoms with van der Waals surface area (Å²) in [5, 5.41) is 18.8. The molecule has 35 heavy (non-hydrogen) atoms. The molecule has 180 valence electrons. The predicted octanol–water partition coefficient (Wildman–Crippen LogP) is 3.76. The number of amides is 2. The Morgan fingerprint density at radius 2 is 1.71 bits per heavy atom. The summed E-state index contributed by atoms with van der Waals surface area (Å²) in [6.07, 6.45) is 2.74. The number of aromatic nitrogens is 2. The van der Waals surface area contributed by atoms with Gasteiger partial charge in [-0.15, -0.1) is 0 Å². The number of benzene rings is 2. The Bertz CT molecular complexity index is 1250. The van der Waals surface area contributed by atoms with Crippen LogP contribution < -0.4 is 10.6 Å². The lowest BCUT2D eigenvalue weighted by molar-refractivity contribution is -0.120. The van der Waals surface area contributed by atoms with Crippen molar-refractivity contribution in [3.63, 3.8) is 0 Å². The summed E-state index contributed by atoms with van der Waals surface area (Å²) in [7, 11) is 1.50. The second kappa shape index (κ2) is 9.25. The van der Waals surface area contributed by atoms with Crippen LogP contribution in [0, 0.1) is 5.92 Å². The Hall–Kier alpha value is -4.14. The Balaban J connectivity index is 1.22. The molecular formula is C26H26N4O5. The Morgan fingerprint density at radius 3 is 2.37 bits per heavy atom. The number of carboxylic acids is 1. The third kappa shape index (κ3) is 4.25. The fraction of sp³-hybridized carbons (Fsp3) is 0.308. The van der Waals surface area contributed by atoms with Crippen LogP contribution in [0.25, 0.3) is 11.1 Å². The highest BCUT2D eigenvalue weighted by molar-refractivity contribution is 6.00. The van der Waals surface area contributed by atoms with E-state index < -0.39 is 24.0 Å². The quantitative estimate of drug-likeness (QED) is 0.500. The highest BCUT2D eigenvalue weighted by atomic mass is 16.5. The van der Waals surface area contributed by atoms with Gasteiger partial charge in [-0.25, -0.2) is 9.59 Å². The number of ether oxygens (including phenoxy) is 1. The summed E-state index contributed by atoms with van der Waals surface area (Å²) in [6, 6.07) is 15.8. The number of carboxylic acid groups (broad SMARTS) is 1. The van der Waals surface area contributed by atoms with E-state index in [1.807, 2.05) is 24.3 Å². The van der Waals surface area contributed by atoms with Crippen LogP contribution in [0.2, 0.25) is 0 Å². The van der Waals surface area contributed by atoms with Crippen LogP contribution in [0.3, 0.4) is 0 Å². The zero-order chi connectivity index (χ0) is 24.5. The number of carbonyl (C=O) groups excluding carboxylic acids is 2. The van der Waals surface area contributed by atoms with Crippen molar-refractivity contribution in [3.8, 4) is 11.1 Å². The number of carbonyl (C=O) groups is 3. The number of fused-ring (bicyclic) bond motifs is 3. The lowest BCUT2D eigenvalue weighted by Gasteiger charge is -2.21. The number of aromatic carboxylic acids is 1. The summed E-state index contributed by atoms with van der Waals surface area (Å²) in [5.74, 6) is -2.06. The van der Waals surface area contributed by atoms with Crippen molar-refractivity contribution in [2.24, 2.45) is 13.0 Å². The molecule has 3 aromatic rings. The minimum atomic E-state index is -1.18. The Kier molecular flexibility index (Phi) is 5.98. The van der Waals surface area contributed by atoms with Crippen LogP contribution in [-0.4, -0.2) is 45.5 Å². The maximum atomic E-state index is 12.9. The summed E-state index contributed by atoms with van der Waals surface area (Å²) < 4.78 is 6.82. The van der Waals surface area contributed by atoms with Crippen LogP contribution in [0.15, 0.2) is 54.7 Å². The number of nitrogens with one attached hydrogen (secondary N) is 2. The van der Waals surface area contributed by atoms with Crippen molar-refractivity contribution < 1.29 is 24.2 Å². The molecule has 1 heterocycles. The van der Waals surface area contributed by atoms with Gasteiger partial charge in [0.25, 0.3) is 0 Å². The monoisotopic (exact) mass is 474 g/mol. The summed E-state index contributed by atoms with van der Waals surface area (Å²) in [6.45, 7) is 0.196. The van der Waals surface area contributed by atoms with E-state index in [-0.39, 0.29) is 29.8 Å². The van der Waals surface area contributed by atoms with E-state index in [1.165, 1.54) is 17.9 Å². The van der Waals surface area contributed by atoms with Gasteiger partial charge in [0.2, 0.25) is 5.91 Å². The number of hydrogen-bond donors (Lipinski definition) is 3. The van der Waals surface area contributed by atoms with Gasteiger partial charge in [-0.05, 0) is 35.1 Å².